The van der Waals surface area contributed by atoms with Gasteiger partial charge in [-0.1, -0.05) is 170 Å². The second kappa shape index (κ2) is 10.7. The quantitative estimate of drug-likeness (QED) is 0.167. The predicted molar refractivity (Wildman–Crippen MR) is 216 cm³/mol. The Morgan fingerprint density at radius 3 is 1.51 bits per heavy atom. The van der Waals surface area contributed by atoms with Gasteiger partial charge in [-0.2, -0.15) is 0 Å². The van der Waals surface area contributed by atoms with E-state index in [0.717, 1.165) is 0 Å². The molecule has 0 bridgehead atoms. The predicted octanol–water partition coefficient (Wildman–Crippen LogP) is 13.4. The molecule has 0 radical (unpaired) electrons. The van der Waals surface area contributed by atoms with E-state index in [-0.39, 0.29) is 0 Å². The summed E-state index contributed by atoms with van der Waals surface area (Å²) in [6.45, 7) is 0. The minimum absolute atomic E-state index is 0.473. The van der Waals surface area contributed by atoms with Gasteiger partial charge in [-0.25, -0.2) is 0 Å². The SMILES string of the molecule is c1ccc(-c2c3c(cc4cc(-c5cc6ccc7cccc8ccc(c5)c6c78)ccc24)C(c2ccccc2)(c2ccccc2)c2ccccc2-3)cc1. The summed E-state index contributed by atoms with van der Waals surface area (Å²) in [5.41, 5.74) is 12.4. The summed E-state index contributed by atoms with van der Waals surface area (Å²) in [5, 5.41) is 10.4. The zero-order chi connectivity index (χ0) is 33.5. The average molecular weight is 645 g/mol. The summed E-state index contributed by atoms with van der Waals surface area (Å²) in [6.07, 6.45) is 0. The van der Waals surface area contributed by atoms with Crippen LogP contribution >= 0.6 is 0 Å². The fourth-order valence-electron chi connectivity index (χ4n) is 9.33. The van der Waals surface area contributed by atoms with Gasteiger partial charge in [0.15, 0.2) is 0 Å². The highest BCUT2D eigenvalue weighted by atomic mass is 14.5. The molecule has 51 heavy (non-hydrogen) atoms. The van der Waals surface area contributed by atoms with Crippen molar-refractivity contribution < 1.29 is 0 Å². The Bertz CT molecular complexity index is 2830. The third-order valence-corrected chi connectivity index (χ3v) is 11.4. The lowest BCUT2D eigenvalue weighted by Gasteiger charge is -2.34. The van der Waals surface area contributed by atoms with Crippen LogP contribution in [-0.2, 0) is 5.41 Å². The smallest absolute Gasteiger partial charge is 0.0622 e. The standard InChI is InChI=1S/C51H32/c1-4-13-33(14-5-1)49-43-28-27-36(39-30-37-25-23-34-15-12-16-35-24-26-38(31-39)48(37)47(34)35)29-40(43)32-46-50(49)44-21-10-11-22-45(44)51(46,41-17-6-2-7-18-41)42-19-8-3-9-20-42/h1-32H. The molecule has 0 N–H and O–H groups in total. The van der Waals surface area contributed by atoms with E-state index in [0.29, 0.717) is 0 Å². The lowest BCUT2D eigenvalue weighted by Crippen LogP contribution is -2.28. The van der Waals surface area contributed by atoms with E-state index in [2.05, 4.69) is 194 Å². The van der Waals surface area contributed by atoms with E-state index in [4.69, 9.17) is 0 Å². The third kappa shape index (κ3) is 3.96. The van der Waals surface area contributed by atoms with Crippen LogP contribution in [0.3, 0.4) is 0 Å². The molecule has 0 aliphatic heterocycles. The van der Waals surface area contributed by atoms with Crippen molar-refractivity contribution in [2.45, 2.75) is 5.41 Å². The Morgan fingerprint density at radius 1 is 0.294 bits per heavy atom. The van der Waals surface area contributed by atoms with E-state index in [1.54, 1.807) is 0 Å². The fraction of sp³-hybridized carbons (Fsp3) is 0.0196. The van der Waals surface area contributed by atoms with Crippen molar-refractivity contribution in [2.24, 2.45) is 0 Å². The number of benzene rings is 10. The van der Waals surface area contributed by atoms with Crippen LogP contribution in [0.25, 0.3) is 76.5 Å². The summed E-state index contributed by atoms with van der Waals surface area (Å²) in [4.78, 5) is 0. The maximum absolute atomic E-state index is 2.51. The lowest BCUT2D eigenvalue weighted by atomic mass is 9.67. The molecule has 0 heterocycles. The molecule has 0 amide bonds. The second-order valence-electron chi connectivity index (χ2n) is 14.0. The third-order valence-electron chi connectivity index (χ3n) is 11.4. The van der Waals surface area contributed by atoms with Gasteiger partial charge in [0.25, 0.3) is 0 Å². The van der Waals surface area contributed by atoms with Crippen LogP contribution in [-0.4, -0.2) is 0 Å². The van der Waals surface area contributed by atoms with Gasteiger partial charge in [0.05, 0.1) is 5.41 Å². The highest BCUT2D eigenvalue weighted by Gasteiger charge is 2.47. The topological polar surface area (TPSA) is 0 Å². The van der Waals surface area contributed by atoms with Gasteiger partial charge in [-0.15, -0.1) is 0 Å². The molecule has 0 saturated heterocycles. The van der Waals surface area contributed by atoms with Gasteiger partial charge in [0.2, 0.25) is 0 Å². The van der Waals surface area contributed by atoms with Gasteiger partial charge >= 0.3 is 0 Å². The summed E-state index contributed by atoms with van der Waals surface area (Å²) in [6, 6.07) is 72.5. The van der Waals surface area contributed by atoms with E-state index in [1.807, 2.05) is 0 Å². The monoisotopic (exact) mass is 644 g/mol. The van der Waals surface area contributed by atoms with E-state index >= 15 is 0 Å². The first kappa shape index (κ1) is 28.3. The molecule has 10 aromatic rings. The van der Waals surface area contributed by atoms with Gasteiger partial charge < -0.3 is 0 Å². The highest BCUT2D eigenvalue weighted by molar-refractivity contribution is 6.24. The van der Waals surface area contributed by atoms with Gasteiger partial charge in [-0.3, -0.25) is 0 Å². The molecule has 10 aromatic carbocycles. The molecule has 0 spiro atoms. The Hall–Kier alpha value is -6.50. The number of rotatable bonds is 4. The normalized spacial score (nSPS) is 13.3. The van der Waals surface area contributed by atoms with Crippen molar-refractivity contribution in [1.29, 1.82) is 0 Å². The fourth-order valence-corrected chi connectivity index (χ4v) is 9.33. The van der Waals surface area contributed by atoms with Crippen LogP contribution in [0.5, 0.6) is 0 Å². The minimum Gasteiger partial charge on any atom is -0.0622 e. The lowest BCUT2D eigenvalue weighted by molar-refractivity contribution is 0.769. The molecule has 236 valence electrons. The van der Waals surface area contributed by atoms with Gasteiger partial charge in [-0.05, 0) is 123 Å². The molecule has 0 atom stereocenters. The molecule has 0 aromatic heterocycles. The van der Waals surface area contributed by atoms with Crippen molar-refractivity contribution >= 4 is 43.1 Å². The van der Waals surface area contributed by atoms with Crippen LogP contribution in [0, 0.1) is 0 Å². The molecular weight excluding hydrogens is 613 g/mol. The Labute approximate surface area is 297 Å². The zero-order valence-electron chi connectivity index (χ0n) is 28.0. The molecule has 1 aliphatic carbocycles. The Kier molecular flexibility index (Phi) is 5.97. The van der Waals surface area contributed by atoms with Crippen LogP contribution < -0.4 is 0 Å². The van der Waals surface area contributed by atoms with Crippen molar-refractivity contribution in [3.05, 3.63) is 216 Å². The summed E-state index contributed by atoms with van der Waals surface area (Å²) >= 11 is 0. The molecule has 11 rings (SSSR count). The molecule has 0 unspecified atom stereocenters. The largest absolute Gasteiger partial charge is 0.0714 e. The number of fused-ring (bicyclic) bond motifs is 4. The highest BCUT2D eigenvalue weighted by Crippen LogP contribution is 2.59. The molecule has 0 saturated carbocycles. The Balaban J connectivity index is 1.24. The van der Waals surface area contributed by atoms with Crippen LogP contribution in [0.15, 0.2) is 194 Å². The number of hydrogen-bond acceptors (Lipinski definition) is 0. The van der Waals surface area contributed by atoms with Crippen molar-refractivity contribution in [2.75, 3.05) is 0 Å². The van der Waals surface area contributed by atoms with E-state index in [1.165, 1.54) is 98.7 Å². The summed E-state index contributed by atoms with van der Waals surface area (Å²) < 4.78 is 0. The van der Waals surface area contributed by atoms with E-state index < -0.39 is 5.41 Å². The maximum atomic E-state index is 2.51. The van der Waals surface area contributed by atoms with Crippen LogP contribution in [0.1, 0.15) is 22.3 Å². The molecule has 1 aliphatic rings. The number of hydrogen-bond donors (Lipinski definition) is 0. The van der Waals surface area contributed by atoms with Crippen LogP contribution in [0.4, 0.5) is 0 Å². The average Bonchev–Trinajstić information content (AvgIpc) is 3.50. The molecule has 0 nitrogen and oxygen atoms in total. The minimum atomic E-state index is -0.473. The van der Waals surface area contributed by atoms with Crippen molar-refractivity contribution in [1.82, 2.24) is 0 Å². The van der Waals surface area contributed by atoms with Crippen molar-refractivity contribution in [3.8, 4) is 33.4 Å². The maximum Gasteiger partial charge on any atom is 0.0714 e. The zero-order valence-corrected chi connectivity index (χ0v) is 28.0. The Morgan fingerprint density at radius 2 is 0.843 bits per heavy atom. The van der Waals surface area contributed by atoms with E-state index in [9.17, 15) is 0 Å². The first-order valence-corrected chi connectivity index (χ1v) is 17.8. The van der Waals surface area contributed by atoms with Crippen LogP contribution in [0.2, 0.25) is 0 Å². The molecule has 0 heteroatoms. The van der Waals surface area contributed by atoms with Crippen molar-refractivity contribution in [3.63, 3.8) is 0 Å². The summed E-state index contributed by atoms with van der Waals surface area (Å²) in [5.74, 6) is 0. The van der Waals surface area contributed by atoms with Gasteiger partial charge in [0.1, 0.15) is 0 Å². The first-order valence-electron chi connectivity index (χ1n) is 17.8. The second-order valence-corrected chi connectivity index (χ2v) is 14.0. The summed E-state index contributed by atoms with van der Waals surface area (Å²) in [7, 11) is 0. The van der Waals surface area contributed by atoms with Gasteiger partial charge in [0, 0.05) is 0 Å². The molecule has 0 fully saturated rings. The first-order chi connectivity index (χ1) is 25.3. The molecular formula is C51H32.